The molecule has 1 aliphatic heterocycles. The summed E-state index contributed by atoms with van der Waals surface area (Å²) in [6.07, 6.45) is -9.51. The van der Waals surface area contributed by atoms with Crippen LogP contribution < -0.4 is 14.2 Å². The van der Waals surface area contributed by atoms with E-state index in [1.807, 2.05) is 0 Å². The summed E-state index contributed by atoms with van der Waals surface area (Å²) in [6.45, 7) is 1.43. The van der Waals surface area contributed by atoms with Crippen LogP contribution in [-0.2, 0) is 22.1 Å². The Morgan fingerprint density at radius 2 is 1.90 bits per heavy atom. The highest BCUT2D eigenvalue weighted by molar-refractivity contribution is 5.71. The molecule has 15 heteroatoms. The monoisotopic (exact) mass is 599 g/mol. The van der Waals surface area contributed by atoms with E-state index in [9.17, 15) is 31.1 Å². The number of ether oxygens (including phenoxy) is 4. The minimum absolute atomic E-state index is 0.0198. The fraction of sp³-hybridized carbons (Fsp3) is 0.444. The molecule has 224 valence electrons. The number of hydrogen-bond acceptors (Lipinski definition) is 7. The van der Waals surface area contributed by atoms with Crippen molar-refractivity contribution in [1.29, 1.82) is 0 Å². The van der Waals surface area contributed by atoms with Gasteiger partial charge in [-0.05, 0) is 51.2 Å². The van der Waals surface area contributed by atoms with Gasteiger partial charge in [0.25, 0.3) is 0 Å². The Bertz CT molecular complexity index is 1540. The quantitative estimate of drug-likeness (QED) is 0.323. The molecular weight excluding hydrogens is 576 g/mol. The number of carbonyl (C=O) groups is 1. The van der Waals surface area contributed by atoms with Crippen molar-refractivity contribution < 1.29 is 55.2 Å². The Morgan fingerprint density at radius 1 is 1.19 bits per heavy atom. The molecule has 1 N–H and O–H groups in total. The van der Waals surface area contributed by atoms with Gasteiger partial charge in [-0.15, -0.1) is 8.78 Å². The first-order chi connectivity index (χ1) is 19.8. The van der Waals surface area contributed by atoms with E-state index in [0.29, 0.717) is 12.8 Å². The molecule has 1 aromatic carbocycles. The Kier molecular flexibility index (Phi) is 6.74. The maximum atomic E-state index is 14.7. The van der Waals surface area contributed by atoms with Crippen LogP contribution in [0.4, 0.5) is 26.3 Å². The van der Waals surface area contributed by atoms with E-state index >= 15 is 0 Å². The zero-order valence-electron chi connectivity index (χ0n) is 21.8. The molecule has 6 rings (SSSR count). The molecule has 3 aliphatic rings. The standard InChI is InChI=1S/C27H23F6N3O6/c1-12(16-10-19-20(11-17(16)28)42-27(32,33)41-19)39-22-7-3-6-21(34-22)36-23-15(24(35-36)26(29,30)31)4-2-5-18(23)40-14-8-13(9-14)25(37)38/h3,6-7,10-14,18H,2,4-5,8-9H2,1H3,(H,37,38)/t12-,13-,14-,18+/m0/s1. The number of rotatable bonds is 7. The summed E-state index contributed by atoms with van der Waals surface area (Å²) in [5, 5.41) is 13.0. The van der Waals surface area contributed by atoms with Crippen molar-refractivity contribution >= 4 is 5.97 Å². The predicted octanol–water partition coefficient (Wildman–Crippen LogP) is 6.14. The number of aromatic nitrogens is 3. The Balaban J connectivity index is 1.29. The number of aliphatic carboxylic acids is 1. The maximum Gasteiger partial charge on any atom is 0.586 e. The molecule has 0 amide bonds. The number of carboxylic acid groups (broad SMARTS) is 1. The molecule has 0 bridgehead atoms. The molecular formula is C27H23F6N3O6. The van der Waals surface area contributed by atoms with Gasteiger partial charge in [0.05, 0.1) is 17.7 Å². The highest BCUT2D eigenvalue weighted by atomic mass is 19.4. The largest absolute Gasteiger partial charge is 0.586 e. The van der Waals surface area contributed by atoms with Gasteiger partial charge in [0.2, 0.25) is 5.88 Å². The predicted molar refractivity (Wildman–Crippen MR) is 129 cm³/mol. The van der Waals surface area contributed by atoms with E-state index in [2.05, 4.69) is 19.6 Å². The highest BCUT2D eigenvalue weighted by Crippen LogP contribution is 2.45. The number of carboxylic acids is 1. The van der Waals surface area contributed by atoms with Crippen LogP contribution in [0.2, 0.25) is 0 Å². The minimum atomic E-state index is -4.75. The molecule has 2 aliphatic carbocycles. The summed E-state index contributed by atoms with van der Waals surface area (Å²) in [5.41, 5.74) is -1.06. The first-order valence-corrected chi connectivity index (χ1v) is 13.1. The second-order valence-corrected chi connectivity index (χ2v) is 10.3. The van der Waals surface area contributed by atoms with Crippen molar-refractivity contribution in [3.05, 3.63) is 58.7 Å². The molecule has 0 spiro atoms. The van der Waals surface area contributed by atoms with Gasteiger partial charge >= 0.3 is 18.4 Å². The van der Waals surface area contributed by atoms with Crippen LogP contribution in [-0.4, -0.2) is 38.2 Å². The van der Waals surface area contributed by atoms with Crippen molar-refractivity contribution in [3.8, 4) is 23.2 Å². The average Bonchev–Trinajstić information content (AvgIpc) is 3.42. The minimum Gasteiger partial charge on any atom is -0.481 e. The summed E-state index contributed by atoms with van der Waals surface area (Å²) in [7, 11) is 0. The van der Waals surface area contributed by atoms with E-state index in [1.54, 1.807) is 0 Å². The molecule has 1 saturated carbocycles. The van der Waals surface area contributed by atoms with Gasteiger partial charge in [-0.2, -0.15) is 23.3 Å². The van der Waals surface area contributed by atoms with E-state index in [4.69, 9.17) is 14.6 Å². The molecule has 0 saturated heterocycles. The average molecular weight is 599 g/mol. The lowest BCUT2D eigenvalue weighted by Gasteiger charge is -2.36. The molecule has 2 aromatic heterocycles. The zero-order chi connectivity index (χ0) is 30.0. The second kappa shape index (κ2) is 10.1. The number of alkyl halides is 5. The lowest BCUT2D eigenvalue weighted by molar-refractivity contribution is -0.286. The number of halogens is 6. The molecule has 0 radical (unpaired) electrons. The summed E-state index contributed by atoms with van der Waals surface area (Å²) in [6, 6.07) is 6.03. The van der Waals surface area contributed by atoms with Crippen LogP contribution >= 0.6 is 0 Å². The topological polar surface area (TPSA) is 105 Å². The van der Waals surface area contributed by atoms with E-state index in [-0.39, 0.29) is 53.5 Å². The van der Waals surface area contributed by atoms with Crippen molar-refractivity contribution in [1.82, 2.24) is 14.8 Å². The van der Waals surface area contributed by atoms with E-state index in [1.165, 1.54) is 25.1 Å². The molecule has 9 nitrogen and oxygen atoms in total. The molecule has 42 heavy (non-hydrogen) atoms. The lowest BCUT2D eigenvalue weighted by Crippen LogP contribution is -2.37. The Hall–Kier alpha value is -4.01. The van der Waals surface area contributed by atoms with Crippen molar-refractivity contribution in [2.45, 2.75) is 69.8 Å². The summed E-state index contributed by atoms with van der Waals surface area (Å²) < 4.78 is 105. The second-order valence-electron chi connectivity index (χ2n) is 10.3. The Morgan fingerprint density at radius 3 is 2.60 bits per heavy atom. The van der Waals surface area contributed by atoms with Crippen LogP contribution in [0.1, 0.15) is 67.3 Å². The summed E-state index contributed by atoms with van der Waals surface area (Å²) >= 11 is 0. The van der Waals surface area contributed by atoms with Gasteiger partial charge in [-0.3, -0.25) is 4.79 Å². The molecule has 2 atom stereocenters. The van der Waals surface area contributed by atoms with Crippen molar-refractivity contribution in [3.63, 3.8) is 0 Å². The van der Waals surface area contributed by atoms with Gasteiger partial charge in [0.1, 0.15) is 18.0 Å². The van der Waals surface area contributed by atoms with Gasteiger partial charge in [-0.25, -0.2) is 9.07 Å². The van der Waals surface area contributed by atoms with Gasteiger partial charge in [0.15, 0.2) is 23.0 Å². The van der Waals surface area contributed by atoms with Crippen molar-refractivity contribution in [2.75, 3.05) is 0 Å². The van der Waals surface area contributed by atoms with Gasteiger partial charge in [0, 0.05) is 23.3 Å². The third kappa shape index (κ3) is 5.21. The van der Waals surface area contributed by atoms with Crippen molar-refractivity contribution in [2.24, 2.45) is 5.92 Å². The van der Waals surface area contributed by atoms with Crippen LogP contribution in [0.5, 0.6) is 17.4 Å². The number of hydrogen-bond donors (Lipinski definition) is 1. The number of benzene rings is 1. The SMILES string of the molecule is C[C@H](Oc1cccc(-n2nc(C(F)(F)F)c3c2[C@H](O[C@H]2C[C@H](C(=O)O)C2)CCC3)n1)c1cc2c(cc1F)OC(F)(F)O2. The molecule has 3 heterocycles. The summed E-state index contributed by atoms with van der Waals surface area (Å²) in [5.74, 6) is -3.40. The number of nitrogens with zero attached hydrogens (tertiary/aromatic N) is 3. The van der Waals surface area contributed by atoms with Gasteiger partial charge < -0.3 is 24.1 Å². The first kappa shape index (κ1) is 28.1. The van der Waals surface area contributed by atoms with Crippen LogP contribution in [0.15, 0.2) is 30.3 Å². The highest BCUT2D eigenvalue weighted by Gasteiger charge is 2.45. The first-order valence-electron chi connectivity index (χ1n) is 13.1. The third-order valence-electron chi connectivity index (χ3n) is 7.47. The smallest absolute Gasteiger partial charge is 0.481 e. The van der Waals surface area contributed by atoms with Crippen LogP contribution in [0.3, 0.4) is 0 Å². The third-order valence-corrected chi connectivity index (χ3v) is 7.47. The summed E-state index contributed by atoms with van der Waals surface area (Å²) in [4.78, 5) is 15.5. The van der Waals surface area contributed by atoms with E-state index in [0.717, 1.165) is 16.8 Å². The number of pyridine rings is 1. The number of fused-ring (bicyclic) bond motifs is 2. The molecule has 3 aromatic rings. The van der Waals surface area contributed by atoms with Crippen LogP contribution in [0, 0.1) is 11.7 Å². The van der Waals surface area contributed by atoms with Crippen LogP contribution in [0.25, 0.3) is 5.82 Å². The normalized spacial score (nSPS) is 23.2. The lowest BCUT2D eigenvalue weighted by atomic mass is 9.82. The molecule has 0 unspecified atom stereocenters. The maximum absolute atomic E-state index is 14.7. The fourth-order valence-electron chi connectivity index (χ4n) is 5.42. The Labute approximate surface area is 234 Å². The van der Waals surface area contributed by atoms with Gasteiger partial charge in [-0.1, -0.05) is 6.07 Å². The fourth-order valence-corrected chi connectivity index (χ4v) is 5.42. The van der Waals surface area contributed by atoms with E-state index < -0.39 is 59.9 Å². The molecule has 1 fully saturated rings. The zero-order valence-corrected chi connectivity index (χ0v) is 21.8.